The lowest BCUT2D eigenvalue weighted by Crippen LogP contribution is -2.47. The van der Waals surface area contributed by atoms with Crippen LogP contribution < -0.4 is 10.6 Å². The fraction of sp³-hybridized carbons (Fsp3) is 0.200. The summed E-state index contributed by atoms with van der Waals surface area (Å²) in [5, 5.41) is 29.9. The second-order valence-electron chi connectivity index (χ2n) is 5.55. The smallest absolute Gasteiger partial charge is 0.187 e. The molecule has 11 heteroatoms. The number of H-pyrrole nitrogens is 1. The fourth-order valence-electron chi connectivity index (χ4n) is 2.61. The lowest BCUT2D eigenvalue weighted by molar-refractivity contribution is 0.576. The van der Waals surface area contributed by atoms with Gasteiger partial charge in [0.1, 0.15) is 12.7 Å². The zero-order valence-corrected chi connectivity index (χ0v) is 14.3. The Morgan fingerprint density at radius 2 is 2.38 bits per heavy atom. The Morgan fingerprint density at radius 1 is 1.46 bits per heavy atom. The predicted molar refractivity (Wildman–Crippen MR) is 96.1 cm³/mol. The Balaban J connectivity index is 1.47. The Morgan fingerprint density at radius 3 is 3.19 bits per heavy atom. The van der Waals surface area contributed by atoms with Crippen molar-refractivity contribution in [1.82, 2.24) is 30.6 Å². The van der Waals surface area contributed by atoms with Crippen LogP contribution in [0.3, 0.4) is 0 Å². The molecular weight excluding hydrogens is 352 g/mol. The summed E-state index contributed by atoms with van der Waals surface area (Å²) in [5.41, 5.74) is 9.90. The van der Waals surface area contributed by atoms with E-state index in [-0.39, 0.29) is 6.54 Å². The Bertz CT molecular complexity index is 1020. The predicted octanol–water partition coefficient (Wildman–Crippen LogP) is 1.79. The standard InChI is InChI=1S/C15H14N10S/c16-1-2-25-8-9(4-21-25)12-6-19-15(23-17)14(22-12)18-5-10-3-11-13(26-10)7-20-24-11/h3-4,6-8,14,17-18,22H,2,5H2,(H,20,24). The first-order valence-electron chi connectivity index (χ1n) is 7.73. The summed E-state index contributed by atoms with van der Waals surface area (Å²) in [7, 11) is 0. The average Bonchev–Trinajstić information content (AvgIpc) is 3.36. The number of rotatable bonds is 5. The first-order chi connectivity index (χ1) is 12.8. The molecule has 1 unspecified atom stereocenters. The normalized spacial score (nSPS) is 16.7. The first kappa shape index (κ1) is 16.1. The number of nitriles is 1. The van der Waals surface area contributed by atoms with Crippen molar-refractivity contribution in [2.24, 2.45) is 10.1 Å². The van der Waals surface area contributed by atoms with Crippen molar-refractivity contribution in [3.63, 3.8) is 0 Å². The highest BCUT2D eigenvalue weighted by Gasteiger charge is 2.21. The lowest BCUT2D eigenvalue weighted by atomic mass is 10.2. The minimum absolute atomic E-state index is 0.186. The van der Waals surface area contributed by atoms with Crippen molar-refractivity contribution < 1.29 is 0 Å². The third-order valence-corrected chi connectivity index (χ3v) is 4.90. The Hall–Kier alpha value is -3.36. The van der Waals surface area contributed by atoms with Gasteiger partial charge in [0, 0.05) is 23.2 Å². The van der Waals surface area contributed by atoms with Gasteiger partial charge in [0.25, 0.3) is 0 Å². The summed E-state index contributed by atoms with van der Waals surface area (Å²) in [6.45, 7) is 0.784. The van der Waals surface area contributed by atoms with Crippen LogP contribution in [0.25, 0.3) is 15.9 Å². The van der Waals surface area contributed by atoms with Gasteiger partial charge in [-0.15, -0.1) is 16.5 Å². The molecule has 10 nitrogen and oxygen atoms in total. The molecule has 0 bridgehead atoms. The molecule has 1 aliphatic rings. The van der Waals surface area contributed by atoms with Gasteiger partial charge in [-0.25, -0.2) is 10.5 Å². The molecule has 0 radical (unpaired) electrons. The van der Waals surface area contributed by atoms with Crippen molar-refractivity contribution >= 4 is 33.1 Å². The summed E-state index contributed by atoms with van der Waals surface area (Å²) >= 11 is 1.65. The number of nitrogens with one attached hydrogen (secondary N) is 4. The van der Waals surface area contributed by atoms with E-state index in [0.717, 1.165) is 26.4 Å². The molecular formula is C15H14N10S. The monoisotopic (exact) mass is 366 g/mol. The zero-order valence-electron chi connectivity index (χ0n) is 13.5. The summed E-state index contributed by atoms with van der Waals surface area (Å²) in [6.07, 6.45) is 6.45. The van der Waals surface area contributed by atoms with Crippen LogP contribution in [0.2, 0.25) is 0 Å². The van der Waals surface area contributed by atoms with E-state index in [9.17, 15) is 0 Å². The molecule has 1 atom stereocenters. The minimum atomic E-state index is -0.398. The van der Waals surface area contributed by atoms with Crippen LogP contribution in [0.4, 0.5) is 0 Å². The molecule has 0 saturated heterocycles. The SMILES string of the molecule is N#CCn1cc(C2=CN=C(N=N)C(NCc3cc4[nH]ncc4s3)N2)cn1. The quantitative estimate of drug-likeness (QED) is 0.509. The molecule has 0 amide bonds. The summed E-state index contributed by atoms with van der Waals surface area (Å²) < 4.78 is 2.65. The van der Waals surface area contributed by atoms with E-state index in [1.807, 2.05) is 12.1 Å². The number of amidine groups is 1. The van der Waals surface area contributed by atoms with Crippen LogP contribution in [0, 0.1) is 16.9 Å². The number of hydrogen-bond acceptors (Lipinski definition) is 9. The van der Waals surface area contributed by atoms with E-state index < -0.39 is 6.17 Å². The van der Waals surface area contributed by atoms with E-state index in [0.29, 0.717) is 12.4 Å². The molecule has 3 aromatic rings. The summed E-state index contributed by atoms with van der Waals surface area (Å²) in [6, 6.07) is 4.09. The van der Waals surface area contributed by atoms with Gasteiger partial charge in [-0.3, -0.25) is 15.1 Å². The third-order valence-electron chi connectivity index (χ3n) is 3.83. The molecule has 4 rings (SSSR count). The number of hydrogen-bond donors (Lipinski definition) is 4. The Labute approximate surface area is 151 Å². The van der Waals surface area contributed by atoms with Crippen molar-refractivity contribution in [3.8, 4) is 6.07 Å². The highest BCUT2D eigenvalue weighted by atomic mass is 32.1. The van der Waals surface area contributed by atoms with Crippen LogP contribution in [0.1, 0.15) is 10.4 Å². The van der Waals surface area contributed by atoms with Gasteiger partial charge in [0.05, 0.1) is 40.6 Å². The van der Waals surface area contributed by atoms with Crippen molar-refractivity contribution in [2.45, 2.75) is 19.3 Å². The molecule has 0 spiro atoms. The minimum Gasteiger partial charge on any atom is -0.362 e. The van der Waals surface area contributed by atoms with Gasteiger partial charge >= 0.3 is 0 Å². The largest absolute Gasteiger partial charge is 0.362 e. The van der Waals surface area contributed by atoms with Gasteiger partial charge in [0.2, 0.25) is 0 Å². The van der Waals surface area contributed by atoms with Crippen LogP contribution in [-0.2, 0) is 13.1 Å². The van der Waals surface area contributed by atoms with Crippen molar-refractivity contribution in [1.29, 1.82) is 10.8 Å². The Kier molecular flexibility index (Phi) is 4.26. The number of aromatic amines is 1. The highest BCUT2D eigenvalue weighted by molar-refractivity contribution is 7.19. The van der Waals surface area contributed by atoms with Gasteiger partial charge in [-0.05, 0) is 6.07 Å². The van der Waals surface area contributed by atoms with Gasteiger partial charge in [0.15, 0.2) is 5.84 Å². The van der Waals surface area contributed by atoms with E-state index in [1.165, 1.54) is 0 Å². The van der Waals surface area contributed by atoms with E-state index >= 15 is 0 Å². The van der Waals surface area contributed by atoms with Crippen molar-refractivity contribution in [2.75, 3.05) is 0 Å². The molecule has 0 fully saturated rings. The van der Waals surface area contributed by atoms with Crippen LogP contribution in [-0.4, -0.2) is 32.0 Å². The van der Waals surface area contributed by atoms with Crippen LogP contribution in [0.5, 0.6) is 0 Å². The highest BCUT2D eigenvalue weighted by Crippen LogP contribution is 2.23. The molecule has 0 aliphatic carbocycles. The van der Waals surface area contributed by atoms with Gasteiger partial charge in [-0.2, -0.15) is 15.5 Å². The van der Waals surface area contributed by atoms with E-state index in [4.69, 9.17) is 10.8 Å². The molecule has 4 N–H and O–H groups in total. The maximum absolute atomic E-state index is 8.75. The molecule has 0 saturated carbocycles. The molecule has 0 aromatic carbocycles. The number of thiophene rings is 1. The number of aliphatic imine (C=N–C) groups is 1. The maximum atomic E-state index is 8.75. The second kappa shape index (κ2) is 6.87. The van der Waals surface area contributed by atoms with Gasteiger partial charge < -0.3 is 5.32 Å². The van der Waals surface area contributed by atoms with E-state index in [1.54, 1.807) is 40.8 Å². The molecule has 26 heavy (non-hydrogen) atoms. The molecule has 4 heterocycles. The van der Waals surface area contributed by atoms with Crippen LogP contribution in [0.15, 0.2) is 41.0 Å². The molecule has 1 aliphatic heterocycles. The first-order valence-corrected chi connectivity index (χ1v) is 8.55. The summed E-state index contributed by atoms with van der Waals surface area (Å²) in [4.78, 5) is 5.38. The summed E-state index contributed by atoms with van der Waals surface area (Å²) in [5.74, 6) is 0.349. The number of aromatic nitrogens is 4. The third kappa shape index (κ3) is 3.10. The maximum Gasteiger partial charge on any atom is 0.187 e. The fourth-order valence-corrected chi connectivity index (χ4v) is 3.54. The second-order valence-corrected chi connectivity index (χ2v) is 6.71. The van der Waals surface area contributed by atoms with Gasteiger partial charge in [-0.1, -0.05) is 0 Å². The van der Waals surface area contributed by atoms with Crippen LogP contribution >= 0.6 is 11.3 Å². The van der Waals surface area contributed by atoms with Crippen molar-refractivity contribution in [3.05, 3.63) is 41.3 Å². The topological polar surface area (TPSA) is 143 Å². The zero-order chi connectivity index (χ0) is 17.9. The van der Waals surface area contributed by atoms with E-state index in [2.05, 4.69) is 36.0 Å². The number of nitrogens with zero attached hydrogens (tertiary/aromatic N) is 6. The number of fused-ring (bicyclic) bond motifs is 1. The lowest BCUT2D eigenvalue weighted by Gasteiger charge is -2.23. The molecule has 130 valence electrons. The average molecular weight is 366 g/mol. The molecule has 3 aromatic heterocycles.